The van der Waals surface area contributed by atoms with E-state index in [1.54, 1.807) is 0 Å². The molecular formula is C11H22NO2P. The minimum Gasteiger partial charge on any atom is -0.480 e. The molecule has 1 aliphatic heterocycles. The minimum absolute atomic E-state index is 0.252. The molecule has 0 aromatic rings. The van der Waals surface area contributed by atoms with E-state index in [2.05, 4.69) is 9.39 Å². The first-order chi connectivity index (χ1) is 7.20. The molecule has 4 atom stereocenters. The molecule has 1 N–H and O–H groups in total. The SMILES string of the molecule is CC.O=C(O)C1CC2CCCCC2N1P. The fourth-order valence-corrected chi connectivity index (χ4v) is 3.37. The van der Waals surface area contributed by atoms with Crippen molar-refractivity contribution in [2.45, 2.75) is 58.0 Å². The first-order valence-electron chi connectivity index (χ1n) is 5.96. The molecule has 0 radical (unpaired) electrons. The number of carboxylic acid groups (broad SMARTS) is 1. The van der Waals surface area contributed by atoms with Gasteiger partial charge in [0.05, 0.1) is 0 Å². The summed E-state index contributed by atoms with van der Waals surface area (Å²) < 4.78 is 1.99. The number of nitrogens with zero attached hydrogens (tertiary/aromatic N) is 1. The van der Waals surface area contributed by atoms with Gasteiger partial charge in [-0.2, -0.15) is 0 Å². The third kappa shape index (κ3) is 2.70. The molecule has 0 aromatic heterocycles. The van der Waals surface area contributed by atoms with Gasteiger partial charge in [-0.15, -0.1) is 0 Å². The summed E-state index contributed by atoms with van der Waals surface area (Å²) >= 11 is 0. The topological polar surface area (TPSA) is 40.5 Å². The van der Waals surface area contributed by atoms with Crippen LogP contribution < -0.4 is 0 Å². The summed E-state index contributed by atoms with van der Waals surface area (Å²) in [4.78, 5) is 10.9. The highest BCUT2D eigenvalue weighted by atomic mass is 31.0. The molecule has 1 saturated heterocycles. The van der Waals surface area contributed by atoms with Crippen molar-refractivity contribution in [2.24, 2.45) is 5.92 Å². The van der Waals surface area contributed by atoms with E-state index in [-0.39, 0.29) is 6.04 Å². The van der Waals surface area contributed by atoms with Crippen molar-refractivity contribution in [3.05, 3.63) is 0 Å². The third-order valence-corrected chi connectivity index (χ3v) is 4.17. The smallest absolute Gasteiger partial charge is 0.321 e. The normalized spacial score (nSPS) is 35.3. The minimum atomic E-state index is -0.663. The molecule has 2 aliphatic rings. The third-order valence-electron chi connectivity index (χ3n) is 3.42. The van der Waals surface area contributed by atoms with Crippen LogP contribution in [0.1, 0.15) is 46.0 Å². The summed E-state index contributed by atoms with van der Waals surface area (Å²) in [5.74, 6) is -0.0308. The molecule has 3 nitrogen and oxygen atoms in total. The zero-order valence-electron chi connectivity index (χ0n) is 9.65. The average Bonchev–Trinajstić information content (AvgIpc) is 2.60. The number of hydrogen-bond acceptors (Lipinski definition) is 2. The molecular weight excluding hydrogens is 209 g/mol. The van der Waals surface area contributed by atoms with Gasteiger partial charge >= 0.3 is 5.97 Å². The second kappa shape index (κ2) is 5.81. The fraction of sp³-hybridized carbons (Fsp3) is 0.909. The molecule has 15 heavy (non-hydrogen) atoms. The van der Waals surface area contributed by atoms with Gasteiger partial charge in [-0.3, -0.25) is 9.46 Å². The molecule has 2 rings (SSSR count). The summed E-state index contributed by atoms with van der Waals surface area (Å²) in [6.45, 7) is 4.00. The van der Waals surface area contributed by atoms with Gasteiger partial charge in [0.1, 0.15) is 6.04 Å². The van der Waals surface area contributed by atoms with Crippen LogP contribution in [0, 0.1) is 5.92 Å². The van der Waals surface area contributed by atoms with Crippen LogP contribution in [0.25, 0.3) is 0 Å². The van der Waals surface area contributed by atoms with Crippen LogP contribution in [0.2, 0.25) is 0 Å². The highest BCUT2D eigenvalue weighted by molar-refractivity contribution is 7.13. The molecule has 0 spiro atoms. The molecule has 4 heteroatoms. The Morgan fingerprint density at radius 2 is 1.93 bits per heavy atom. The number of carboxylic acids is 1. The fourth-order valence-electron chi connectivity index (χ4n) is 2.72. The first-order valence-corrected chi connectivity index (χ1v) is 6.47. The first kappa shape index (κ1) is 12.9. The van der Waals surface area contributed by atoms with Gasteiger partial charge in [0.2, 0.25) is 0 Å². The molecule has 0 bridgehead atoms. The predicted molar refractivity (Wildman–Crippen MR) is 64.7 cm³/mol. The lowest BCUT2D eigenvalue weighted by atomic mass is 9.85. The molecule has 4 unspecified atom stereocenters. The maximum atomic E-state index is 10.9. The van der Waals surface area contributed by atoms with E-state index in [0.29, 0.717) is 12.0 Å². The maximum absolute atomic E-state index is 10.9. The van der Waals surface area contributed by atoms with Gasteiger partial charge in [0.25, 0.3) is 0 Å². The van der Waals surface area contributed by atoms with E-state index in [1.165, 1.54) is 25.7 Å². The van der Waals surface area contributed by atoms with Crippen molar-refractivity contribution in [2.75, 3.05) is 0 Å². The number of aliphatic carboxylic acids is 1. The van der Waals surface area contributed by atoms with Gasteiger partial charge in [-0.1, -0.05) is 36.1 Å². The van der Waals surface area contributed by atoms with Crippen LogP contribution in [0.15, 0.2) is 0 Å². The number of fused-ring (bicyclic) bond motifs is 1. The van der Waals surface area contributed by atoms with E-state index >= 15 is 0 Å². The largest absolute Gasteiger partial charge is 0.480 e. The maximum Gasteiger partial charge on any atom is 0.321 e. The Morgan fingerprint density at radius 1 is 1.33 bits per heavy atom. The second-order valence-electron chi connectivity index (χ2n) is 4.15. The number of carbonyl (C=O) groups is 1. The number of rotatable bonds is 1. The Balaban J connectivity index is 0.000000531. The molecule has 1 saturated carbocycles. The van der Waals surface area contributed by atoms with Crippen molar-refractivity contribution >= 4 is 15.4 Å². The van der Waals surface area contributed by atoms with Crippen molar-refractivity contribution in [3.63, 3.8) is 0 Å². The lowest BCUT2D eigenvalue weighted by Crippen LogP contribution is -2.34. The lowest BCUT2D eigenvalue weighted by Gasteiger charge is -2.29. The Bertz CT molecular complexity index is 223. The molecule has 2 fully saturated rings. The van der Waals surface area contributed by atoms with E-state index in [1.807, 2.05) is 18.5 Å². The summed E-state index contributed by atoms with van der Waals surface area (Å²) in [6, 6.07) is 0.262. The molecule has 1 aliphatic carbocycles. The van der Waals surface area contributed by atoms with Gasteiger partial charge in [-0.05, 0) is 25.2 Å². The van der Waals surface area contributed by atoms with Crippen LogP contribution in [0.5, 0.6) is 0 Å². The van der Waals surface area contributed by atoms with Crippen molar-refractivity contribution < 1.29 is 9.90 Å². The van der Waals surface area contributed by atoms with Gasteiger partial charge < -0.3 is 5.11 Å². The predicted octanol–water partition coefficient (Wildman–Crippen LogP) is 2.52. The van der Waals surface area contributed by atoms with Crippen molar-refractivity contribution in [1.82, 2.24) is 4.67 Å². The van der Waals surface area contributed by atoms with Crippen molar-refractivity contribution in [1.29, 1.82) is 0 Å². The van der Waals surface area contributed by atoms with Crippen LogP contribution >= 0.6 is 9.39 Å². The zero-order valence-corrected chi connectivity index (χ0v) is 10.8. The molecule has 1 heterocycles. The average molecular weight is 231 g/mol. The molecule has 88 valence electrons. The van der Waals surface area contributed by atoms with E-state index < -0.39 is 5.97 Å². The van der Waals surface area contributed by atoms with Gasteiger partial charge in [-0.25, -0.2) is 0 Å². The van der Waals surface area contributed by atoms with Crippen molar-refractivity contribution in [3.8, 4) is 0 Å². The van der Waals surface area contributed by atoms with Crippen LogP contribution in [-0.4, -0.2) is 27.8 Å². The second-order valence-corrected chi connectivity index (χ2v) is 4.75. The quantitative estimate of drug-likeness (QED) is 0.705. The van der Waals surface area contributed by atoms with E-state index in [9.17, 15) is 4.79 Å². The van der Waals surface area contributed by atoms with E-state index in [4.69, 9.17) is 5.11 Å². The summed E-state index contributed by atoms with van der Waals surface area (Å²) in [5, 5.41) is 8.98. The standard InChI is InChI=1S/C9H16NO2P.C2H6/c11-9(12)8-5-6-3-1-2-4-7(6)10(8)13;1-2/h6-8H,1-5,13H2,(H,11,12);1-2H3. The summed E-state index contributed by atoms with van der Waals surface area (Å²) in [5.41, 5.74) is 0. The summed E-state index contributed by atoms with van der Waals surface area (Å²) in [6.07, 6.45) is 5.80. The van der Waals surface area contributed by atoms with E-state index in [0.717, 1.165) is 6.42 Å². The van der Waals surface area contributed by atoms with Gasteiger partial charge in [0, 0.05) is 6.04 Å². The molecule has 0 amide bonds. The zero-order chi connectivity index (χ0) is 11.4. The Kier molecular flexibility index (Phi) is 5.01. The summed E-state index contributed by atoms with van der Waals surface area (Å²) in [7, 11) is 2.60. The van der Waals surface area contributed by atoms with Crippen LogP contribution in [0.4, 0.5) is 0 Å². The van der Waals surface area contributed by atoms with Gasteiger partial charge in [0.15, 0.2) is 0 Å². The molecule has 0 aromatic carbocycles. The Labute approximate surface area is 94.5 Å². The number of hydrogen-bond donors (Lipinski definition) is 1. The Morgan fingerprint density at radius 3 is 2.47 bits per heavy atom. The highest BCUT2D eigenvalue weighted by Crippen LogP contribution is 2.41. The monoisotopic (exact) mass is 231 g/mol. The Hall–Kier alpha value is -0.140. The lowest BCUT2D eigenvalue weighted by molar-refractivity contribution is -0.140. The van der Waals surface area contributed by atoms with Crippen LogP contribution in [-0.2, 0) is 4.79 Å². The highest BCUT2D eigenvalue weighted by Gasteiger charge is 2.43. The van der Waals surface area contributed by atoms with Crippen LogP contribution in [0.3, 0.4) is 0 Å².